The van der Waals surface area contributed by atoms with Crippen LogP contribution in [0.3, 0.4) is 0 Å². The van der Waals surface area contributed by atoms with Gasteiger partial charge in [0.1, 0.15) is 0 Å². The summed E-state index contributed by atoms with van der Waals surface area (Å²) in [6, 6.07) is 9.56. The van der Waals surface area contributed by atoms with Gasteiger partial charge in [0, 0.05) is 11.9 Å². The van der Waals surface area contributed by atoms with Gasteiger partial charge in [0.25, 0.3) is 16.0 Å². The Kier molecular flexibility index (Phi) is 3.26. The van der Waals surface area contributed by atoms with Crippen molar-refractivity contribution in [2.24, 2.45) is 5.84 Å². The van der Waals surface area contributed by atoms with Crippen molar-refractivity contribution >= 4 is 16.0 Å². The minimum atomic E-state index is -3.82. The zero-order chi connectivity index (χ0) is 13.2. The molecule has 0 unspecified atom stereocenters. The molecule has 1 aromatic carbocycles. The predicted molar refractivity (Wildman–Crippen MR) is 67.1 cm³/mol. The Morgan fingerprint density at radius 3 is 2.44 bits per heavy atom. The number of sulfonamides is 1. The van der Waals surface area contributed by atoms with Crippen LogP contribution < -0.4 is 10.3 Å². The molecule has 1 aromatic heterocycles. The molecule has 0 bridgehead atoms. The first kappa shape index (κ1) is 12.5. The lowest BCUT2D eigenvalue weighted by molar-refractivity contribution is 0.590. The van der Waals surface area contributed by atoms with E-state index in [1.165, 1.54) is 18.3 Å². The molecule has 94 valence electrons. The van der Waals surface area contributed by atoms with Gasteiger partial charge in [-0.2, -0.15) is 12.8 Å². The van der Waals surface area contributed by atoms with E-state index in [2.05, 4.69) is 9.97 Å². The first-order chi connectivity index (χ1) is 8.51. The smallest absolute Gasteiger partial charge is 0.230 e. The first-order valence-corrected chi connectivity index (χ1v) is 6.60. The molecule has 6 nitrogen and oxygen atoms in total. The molecule has 0 atom stereocenters. The summed E-state index contributed by atoms with van der Waals surface area (Å²) in [5.41, 5.74) is 0.638. The van der Waals surface area contributed by atoms with Crippen LogP contribution in [0.15, 0.2) is 47.5 Å². The number of hydrazine groups is 1. The summed E-state index contributed by atoms with van der Waals surface area (Å²) in [5.74, 6) is 5.54. The molecule has 2 rings (SSSR count). The molecule has 0 aliphatic heterocycles. The molecular formula is C11H12N4O2S. The molecule has 18 heavy (non-hydrogen) atoms. The molecule has 2 N–H and O–H groups in total. The van der Waals surface area contributed by atoms with Crippen LogP contribution in [0.2, 0.25) is 0 Å². The highest BCUT2D eigenvalue weighted by molar-refractivity contribution is 7.92. The van der Waals surface area contributed by atoms with Gasteiger partial charge in [0.2, 0.25) is 0 Å². The highest BCUT2D eigenvalue weighted by Crippen LogP contribution is 2.16. The van der Waals surface area contributed by atoms with E-state index in [0.717, 1.165) is 0 Å². The second kappa shape index (κ2) is 4.71. The van der Waals surface area contributed by atoms with Crippen molar-refractivity contribution in [1.29, 1.82) is 0 Å². The van der Waals surface area contributed by atoms with Crippen LogP contribution in [0.5, 0.6) is 0 Å². The summed E-state index contributed by atoms with van der Waals surface area (Å²) in [5, 5.41) is 0. The fourth-order valence-corrected chi connectivity index (χ4v) is 2.39. The molecule has 0 fully saturated rings. The van der Waals surface area contributed by atoms with Crippen LogP contribution in [0.25, 0.3) is 0 Å². The normalized spacial score (nSPS) is 11.2. The van der Waals surface area contributed by atoms with Crippen LogP contribution in [0.1, 0.15) is 5.69 Å². The number of rotatable bonds is 3. The van der Waals surface area contributed by atoms with Crippen LogP contribution in [0.4, 0.5) is 5.95 Å². The average Bonchev–Trinajstić information content (AvgIpc) is 2.39. The topological polar surface area (TPSA) is 89.2 Å². The summed E-state index contributed by atoms with van der Waals surface area (Å²) in [6.45, 7) is 1.73. The third-order valence-electron chi connectivity index (χ3n) is 2.28. The van der Waals surface area contributed by atoms with Crippen LogP contribution in [-0.4, -0.2) is 18.4 Å². The van der Waals surface area contributed by atoms with Crippen LogP contribution >= 0.6 is 0 Å². The summed E-state index contributed by atoms with van der Waals surface area (Å²) >= 11 is 0. The lowest BCUT2D eigenvalue weighted by atomic mass is 10.4. The number of anilines is 1. The average molecular weight is 264 g/mol. The summed E-state index contributed by atoms with van der Waals surface area (Å²) in [6.07, 6.45) is 1.46. The third-order valence-corrected chi connectivity index (χ3v) is 3.83. The van der Waals surface area contributed by atoms with Gasteiger partial charge < -0.3 is 0 Å². The molecule has 0 aliphatic carbocycles. The van der Waals surface area contributed by atoms with E-state index in [1.54, 1.807) is 31.2 Å². The van der Waals surface area contributed by atoms with E-state index in [4.69, 9.17) is 5.84 Å². The van der Waals surface area contributed by atoms with Crippen molar-refractivity contribution in [2.75, 3.05) is 4.41 Å². The highest BCUT2D eigenvalue weighted by Gasteiger charge is 2.23. The van der Waals surface area contributed by atoms with E-state index >= 15 is 0 Å². The maximum Gasteiger partial charge on any atom is 0.280 e. The quantitative estimate of drug-likeness (QED) is 0.656. The van der Waals surface area contributed by atoms with Gasteiger partial charge in [-0.1, -0.05) is 18.2 Å². The van der Waals surface area contributed by atoms with Gasteiger partial charge in [-0.25, -0.2) is 15.8 Å². The Balaban J connectivity index is 2.43. The first-order valence-electron chi connectivity index (χ1n) is 5.16. The molecule has 0 amide bonds. The van der Waals surface area contributed by atoms with Crippen molar-refractivity contribution in [3.8, 4) is 0 Å². The molecule has 0 radical (unpaired) electrons. The zero-order valence-corrected chi connectivity index (χ0v) is 10.5. The number of benzene rings is 1. The number of hydrogen-bond acceptors (Lipinski definition) is 5. The summed E-state index contributed by atoms with van der Waals surface area (Å²) in [4.78, 5) is 7.91. The Hall–Kier alpha value is -1.99. The SMILES string of the molecule is Cc1ccnc(N(N)S(=O)(=O)c2ccccc2)n1. The standard InChI is InChI=1S/C11H12N4O2S/c1-9-7-8-13-11(14-9)15(12)18(16,17)10-5-3-2-4-6-10/h2-8H,12H2,1H3. The van der Waals surface area contributed by atoms with Gasteiger partial charge >= 0.3 is 0 Å². The van der Waals surface area contributed by atoms with Gasteiger partial charge in [0.15, 0.2) is 0 Å². The van der Waals surface area contributed by atoms with E-state index in [-0.39, 0.29) is 10.8 Å². The van der Waals surface area contributed by atoms with Crippen LogP contribution in [0, 0.1) is 6.92 Å². The predicted octanol–water partition coefficient (Wildman–Crippen LogP) is 0.854. The van der Waals surface area contributed by atoms with E-state index in [1.807, 2.05) is 0 Å². The summed E-state index contributed by atoms with van der Waals surface area (Å²) in [7, 11) is -3.82. The van der Waals surface area contributed by atoms with Crippen LogP contribution in [-0.2, 0) is 10.0 Å². The monoisotopic (exact) mass is 264 g/mol. The van der Waals surface area contributed by atoms with E-state index in [9.17, 15) is 8.42 Å². The van der Waals surface area contributed by atoms with Crippen molar-refractivity contribution in [3.63, 3.8) is 0 Å². The third kappa shape index (κ3) is 2.31. The molecule has 0 spiro atoms. The number of aromatic nitrogens is 2. The van der Waals surface area contributed by atoms with Gasteiger partial charge in [-0.15, -0.1) is 0 Å². The zero-order valence-electron chi connectivity index (χ0n) is 9.69. The molecular weight excluding hydrogens is 252 g/mol. The minimum absolute atomic E-state index is 0.0566. The Bertz CT molecular complexity index is 643. The fraction of sp³-hybridized carbons (Fsp3) is 0.0909. The minimum Gasteiger partial charge on any atom is -0.230 e. The number of hydrogen-bond donors (Lipinski definition) is 1. The molecule has 0 aliphatic rings. The molecule has 0 saturated carbocycles. The largest absolute Gasteiger partial charge is 0.280 e. The Labute approximate surface area is 105 Å². The second-order valence-electron chi connectivity index (χ2n) is 3.61. The lowest BCUT2D eigenvalue weighted by Gasteiger charge is -2.16. The van der Waals surface area contributed by atoms with Crippen molar-refractivity contribution in [2.45, 2.75) is 11.8 Å². The second-order valence-corrected chi connectivity index (χ2v) is 5.43. The number of aryl methyl sites for hydroxylation is 1. The highest BCUT2D eigenvalue weighted by atomic mass is 32.2. The Morgan fingerprint density at radius 1 is 1.17 bits per heavy atom. The van der Waals surface area contributed by atoms with Crippen molar-refractivity contribution in [1.82, 2.24) is 9.97 Å². The number of nitrogens with two attached hydrogens (primary N) is 1. The molecule has 7 heteroatoms. The van der Waals surface area contributed by atoms with Gasteiger partial charge in [-0.3, -0.25) is 0 Å². The van der Waals surface area contributed by atoms with Gasteiger partial charge in [-0.05, 0) is 25.1 Å². The van der Waals surface area contributed by atoms with E-state index < -0.39 is 10.0 Å². The Morgan fingerprint density at radius 2 is 1.83 bits per heavy atom. The van der Waals surface area contributed by atoms with Gasteiger partial charge in [0.05, 0.1) is 4.90 Å². The van der Waals surface area contributed by atoms with E-state index in [0.29, 0.717) is 10.1 Å². The molecule has 0 saturated heterocycles. The fourth-order valence-electron chi connectivity index (χ4n) is 1.36. The van der Waals surface area contributed by atoms with Crippen molar-refractivity contribution in [3.05, 3.63) is 48.3 Å². The maximum atomic E-state index is 12.2. The maximum absolute atomic E-state index is 12.2. The number of nitrogens with zero attached hydrogens (tertiary/aromatic N) is 3. The lowest BCUT2D eigenvalue weighted by Crippen LogP contribution is -2.38. The molecule has 1 heterocycles. The van der Waals surface area contributed by atoms with Crippen molar-refractivity contribution < 1.29 is 8.42 Å². The molecule has 2 aromatic rings. The summed E-state index contributed by atoms with van der Waals surface area (Å²) < 4.78 is 24.9.